The highest BCUT2D eigenvalue weighted by Crippen LogP contribution is 2.45. The summed E-state index contributed by atoms with van der Waals surface area (Å²) >= 11 is 0. The zero-order chi connectivity index (χ0) is 72.0. The van der Waals surface area contributed by atoms with Gasteiger partial charge in [0.15, 0.2) is 35.5 Å². The summed E-state index contributed by atoms with van der Waals surface area (Å²) in [6, 6.07) is 11.8. The number of fused-ring (bicyclic) bond motifs is 4. The van der Waals surface area contributed by atoms with Crippen LogP contribution in [0.4, 0.5) is 21.0 Å². The second-order valence-corrected chi connectivity index (χ2v) is 24.5. The molecule has 6 heterocycles. The van der Waals surface area contributed by atoms with Crippen LogP contribution < -0.4 is 48.9 Å². The van der Waals surface area contributed by atoms with E-state index in [9.17, 15) is 79.8 Å². The predicted molar refractivity (Wildman–Crippen MR) is 345 cm³/mol. The SMILES string of the molecule is C=C1C[C@H]2C(O)N(C(=O)OCc3ccc(O[C@@H]4O[C@H](CO)[C@H](O)[C@H](O)[C@H]4O)c(C(=O)NC)c3)c3cc(OCCCCCOc4cc5c(cc4OC)C(=O)N4CC(=C)C[C@H]4C(O)N5C(=O)OCc4ccc(O[C@@H]5O[C@H](CO)[C@H](O)[C@H](O)[C@H]5O)c(C(=O)NCCOC)c4)c(OC)cc3C(=O)N2C1. The molecule has 0 radical (unpaired) electrons. The van der Waals surface area contributed by atoms with Gasteiger partial charge in [0.2, 0.25) is 12.6 Å². The second kappa shape index (κ2) is 32.1. The number of aliphatic hydroxyl groups is 10. The van der Waals surface area contributed by atoms with Gasteiger partial charge in [0, 0.05) is 45.9 Å². The van der Waals surface area contributed by atoms with Crippen molar-refractivity contribution in [3.63, 3.8) is 0 Å². The summed E-state index contributed by atoms with van der Waals surface area (Å²) in [5.41, 5.74) is 1.21. The van der Waals surface area contributed by atoms with E-state index < -0.39 is 148 Å². The number of methoxy groups -OCH3 is 3. The number of hydrogen-bond acceptors (Lipinski definition) is 27. The molecule has 10 rings (SSSR count). The Balaban J connectivity index is 0.816. The number of unbranched alkanes of at least 4 members (excludes halogenated alkanes) is 2. The molecule has 4 aromatic carbocycles. The Labute approximate surface area is 572 Å². The molecule has 0 spiro atoms. The highest BCUT2D eigenvalue weighted by atomic mass is 16.7. The van der Waals surface area contributed by atoms with Crippen molar-refractivity contribution < 1.29 is 132 Å². The molecule has 4 saturated heterocycles. The first-order valence-corrected chi connectivity index (χ1v) is 32.1. The number of carbonyl (C=O) groups is 6. The molecule has 0 aromatic heterocycles. The van der Waals surface area contributed by atoms with Gasteiger partial charge in [0.1, 0.15) is 73.5 Å². The molecule has 6 amide bonds. The van der Waals surface area contributed by atoms with Gasteiger partial charge in [-0.3, -0.25) is 19.2 Å². The van der Waals surface area contributed by atoms with E-state index in [2.05, 4.69) is 23.8 Å². The molecular formula is C67H82N6O27. The molecule has 4 aromatic rings. The van der Waals surface area contributed by atoms with Crippen LogP contribution >= 0.6 is 0 Å². The third-order valence-electron chi connectivity index (χ3n) is 17.9. The van der Waals surface area contributed by atoms with Crippen molar-refractivity contribution in [2.75, 3.05) is 90.8 Å². The Kier molecular flexibility index (Phi) is 23.7. The van der Waals surface area contributed by atoms with Gasteiger partial charge in [0.05, 0.1) is 93.0 Å². The largest absolute Gasteiger partial charge is 0.493 e. The van der Waals surface area contributed by atoms with Gasteiger partial charge in [-0.25, -0.2) is 19.4 Å². The number of nitrogens with one attached hydrogen (secondary N) is 2. The Bertz CT molecular complexity index is 3710. The molecule has 0 saturated carbocycles. The van der Waals surface area contributed by atoms with Crippen molar-refractivity contribution in [3.05, 3.63) is 118 Å². The van der Waals surface area contributed by atoms with Crippen LogP contribution in [0.1, 0.15) is 84.7 Å². The molecular weight excluding hydrogens is 1320 g/mol. The number of rotatable bonds is 25. The zero-order valence-electron chi connectivity index (χ0n) is 55.1. The van der Waals surface area contributed by atoms with Gasteiger partial charge in [-0.15, -0.1) is 0 Å². The van der Waals surface area contributed by atoms with Crippen LogP contribution in [0.25, 0.3) is 0 Å². The van der Waals surface area contributed by atoms with Gasteiger partial charge >= 0.3 is 12.2 Å². The lowest BCUT2D eigenvalue weighted by atomic mass is 9.99. The van der Waals surface area contributed by atoms with E-state index in [1.54, 1.807) is 0 Å². The van der Waals surface area contributed by atoms with Crippen LogP contribution in [0, 0.1) is 0 Å². The molecule has 33 heteroatoms. The van der Waals surface area contributed by atoms with Crippen molar-refractivity contribution in [2.45, 2.75) is 131 Å². The van der Waals surface area contributed by atoms with Crippen LogP contribution in [-0.2, 0) is 36.9 Å². The molecule has 2 unspecified atom stereocenters. The minimum Gasteiger partial charge on any atom is -0.493 e. The molecule has 4 fully saturated rings. The number of anilines is 2. The number of amides is 6. The first-order valence-electron chi connectivity index (χ1n) is 32.1. The van der Waals surface area contributed by atoms with Crippen molar-refractivity contribution in [3.8, 4) is 34.5 Å². The summed E-state index contributed by atoms with van der Waals surface area (Å²) < 4.78 is 63.2. The van der Waals surface area contributed by atoms with Crippen LogP contribution in [-0.4, -0.2) is 264 Å². The first-order chi connectivity index (χ1) is 47.9. The Morgan fingerprint density at radius 3 is 1.37 bits per heavy atom. The topological polar surface area (TPSA) is 443 Å². The quantitative estimate of drug-likeness (QED) is 0.0305. The third kappa shape index (κ3) is 15.4. The number of benzene rings is 4. The summed E-state index contributed by atoms with van der Waals surface area (Å²) in [7, 11) is 5.50. The van der Waals surface area contributed by atoms with Gasteiger partial charge in [0.25, 0.3) is 23.6 Å². The monoisotopic (exact) mass is 1400 g/mol. The summed E-state index contributed by atoms with van der Waals surface area (Å²) in [6.07, 6.45) is -20.4. The lowest BCUT2D eigenvalue weighted by Gasteiger charge is -2.39. The lowest BCUT2D eigenvalue weighted by Crippen LogP contribution is -2.60. The smallest absolute Gasteiger partial charge is 0.416 e. The molecule has 0 bridgehead atoms. The van der Waals surface area contributed by atoms with E-state index in [0.717, 1.165) is 9.80 Å². The molecule has 33 nitrogen and oxygen atoms in total. The average Bonchev–Trinajstić information content (AvgIpc) is 1.59. The Morgan fingerprint density at radius 2 is 0.970 bits per heavy atom. The van der Waals surface area contributed by atoms with Gasteiger partial charge in [-0.05, 0) is 79.6 Å². The van der Waals surface area contributed by atoms with Crippen LogP contribution in [0.2, 0.25) is 0 Å². The van der Waals surface area contributed by atoms with E-state index in [1.807, 2.05) is 0 Å². The fourth-order valence-electron chi connectivity index (χ4n) is 12.5. The van der Waals surface area contributed by atoms with Crippen molar-refractivity contribution in [1.82, 2.24) is 20.4 Å². The molecule has 542 valence electrons. The summed E-state index contributed by atoms with van der Waals surface area (Å²) in [4.78, 5) is 89.1. The van der Waals surface area contributed by atoms with Crippen molar-refractivity contribution in [2.24, 2.45) is 0 Å². The first kappa shape index (κ1) is 73.8. The van der Waals surface area contributed by atoms with Gasteiger partial charge in [-0.2, -0.15) is 0 Å². The van der Waals surface area contributed by atoms with Crippen LogP contribution in [0.15, 0.2) is 85.0 Å². The Hall–Kier alpha value is -8.94. The summed E-state index contributed by atoms with van der Waals surface area (Å²) in [5, 5.41) is 111. The highest BCUT2D eigenvalue weighted by Gasteiger charge is 2.50. The molecule has 6 aliphatic rings. The van der Waals surface area contributed by atoms with Crippen LogP contribution in [0.3, 0.4) is 0 Å². The second-order valence-electron chi connectivity index (χ2n) is 24.5. The maximum Gasteiger partial charge on any atom is 0.416 e. The third-order valence-corrected chi connectivity index (χ3v) is 17.9. The highest BCUT2D eigenvalue weighted by molar-refractivity contribution is 6.07. The average molecular weight is 1400 g/mol. The predicted octanol–water partition coefficient (Wildman–Crippen LogP) is -0.0831. The number of hydrogen-bond donors (Lipinski definition) is 12. The van der Waals surface area contributed by atoms with E-state index in [-0.39, 0.29) is 132 Å². The number of ether oxygens (including phenoxy) is 11. The number of aliphatic hydroxyl groups excluding tert-OH is 10. The number of nitrogens with zero attached hydrogens (tertiary/aromatic N) is 4. The van der Waals surface area contributed by atoms with E-state index in [1.165, 1.54) is 98.8 Å². The lowest BCUT2D eigenvalue weighted by molar-refractivity contribution is -0.277. The zero-order valence-corrected chi connectivity index (χ0v) is 55.1. The normalized spacial score (nSPS) is 26.3. The van der Waals surface area contributed by atoms with Crippen molar-refractivity contribution >= 4 is 47.2 Å². The van der Waals surface area contributed by atoms with Crippen molar-refractivity contribution in [1.29, 1.82) is 0 Å². The molecule has 12 N–H and O–H groups in total. The maximum absolute atomic E-state index is 14.5. The fourth-order valence-corrected chi connectivity index (χ4v) is 12.5. The summed E-state index contributed by atoms with van der Waals surface area (Å²) in [5.74, 6) is -2.35. The standard InChI is InChI=1S/C67H82N6O27/c1-32-18-42-62(86)72(66(88)95-30-34-10-12-44(38(20-34)58(82)68-3)97-64-56(80)54(78)52(76)50(28-74)99-64)40-24-48(46(91-5)22-36(40)60(84)70(42)26-32)93-15-8-7-9-16-94-49-25-41-37(23-47(49)92-6)61(85)71-27-33(2)19-43(71)63(87)73(41)67(89)96-31-35-11-13-45(39(21-35)59(83)69-14-17-90-4)98-65-57(81)55(79)53(77)51(29-75)100-65/h10-13,20-25,42-43,50-57,62-65,74-81,86-87H,1-2,7-9,14-19,26-31H2,3-6H3,(H,68,82)(H,69,83)/t42-,43-,50+,51+,52-,53-,54-,55-,56+,57+,62?,63?,64+,65+/m0/s1. The fraction of sp³-hybridized carbons (Fsp3) is 0.493. The molecule has 6 aliphatic heterocycles. The minimum atomic E-state index is -1.81. The van der Waals surface area contributed by atoms with E-state index in [0.29, 0.717) is 30.4 Å². The van der Waals surface area contributed by atoms with Gasteiger partial charge in [-0.1, -0.05) is 36.4 Å². The molecule has 14 atom stereocenters. The molecule has 0 aliphatic carbocycles. The summed E-state index contributed by atoms with van der Waals surface area (Å²) in [6.45, 7) is 6.04. The van der Waals surface area contributed by atoms with Gasteiger partial charge < -0.3 is 124 Å². The molecule has 100 heavy (non-hydrogen) atoms. The van der Waals surface area contributed by atoms with E-state index >= 15 is 0 Å². The minimum absolute atomic E-state index is 0.0336. The Morgan fingerprint density at radius 1 is 0.540 bits per heavy atom. The number of carbonyl (C=O) groups excluding carboxylic acids is 6. The maximum atomic E-state index is 14.5. The van der Waals surface area contributed by atoms with Crippen LogP contribution in [0.5, 0.6) is 34.5 Å². The van der Waals surface area contributed by atoms with E-state index in [4.69, 9.17) is 52.1 Å².